The first-order chi connectivity index (χ1) is 19.6. The summed E-state index contributed by atoms with van der Waals surface area (Å²) in [6, 6.07) is 4.49. The van der Waals surface area contributed by atoms with Gasteiger partial charge in [-0.25, -0.2) is 18.1 Å². The van der Waals surface area contributed by atoms with Crippen LogP contribution in [0.3, 0.4) is 0 Å². The molecule has 1 fully saturated rings. The number of ether oxygens (including phenoxy) is 1. The summed E-state index contributed by atoms with van der Waals surface area (Å²) in [6.45, 7) is 6.46. The van der Waals surface area contributed by atoms with Crippen molar-refractivity contribution in [2.45, 2.75) is 57.8 Å². The number of rotatable bonds is 12. The third-order valence-electron chi connectivity index (χ3n) is 7.30. The summed E-state index contributed by atoms with van der Waals surface area (Å²) in [5.74, 6) is 0.654. The van der Waals surface area contributed by atoms with Crippen molar-refractivity contribution >= 4 is 21.8 Å². The predicted molar refractivity (Wildman–Crippen MR) is 148 cm³/mol. The Balaban J connectivity index is 1.72. The van der Waals surface area contributed by atoms with Crippen molar-refractivity contribution in [1.29, 1.82) is 0 Å². The van der Waals surface area contributed by atoms with Crippen LogP contribution in [-0.4, -0.2) is 75.3 Å². The van der Waals surface area contributed by atoms with Crippen molar-refractivity contribution in [3.63, 3.8) is 0 Å². The van der Waals surface area contributed by atoms with E-state index in [1.807, 2.05) is 6.92 Å². The number of H-pyrrole nitrogens is 1. The first kappa shape index (κ1) is 30.0. The van der Waals surface area contributed by atoms with Gasteiger partial charge in [-0.2, -0.15) is 9.14 Å². The van der Waals surface area contributed by atoms with E-state index in [2.05, 4.69) is 15.0 Å². The third-order valence-corrected chi connectivity index (χ3v) is 9.20. The number of nitrogens with zero attached hydrogens (tertiary/aromatic N) is 5. The van der Waals surface area contributed by atoms with Gasteiger partial charge in [0.1, 0.15) is 16.2 Å². The Bertz CT molecular complexity index is 1610. The van der Waals surface area contributed by atoms with Gasteiger partial charge >= 0.3 is 5.09 Å². The number of nitrogens with one attached hydrogen (secondary N) is 1. The van der Waals surface area contributed by atoms with Gasteiger partial charge in [0.15, 0.2) is 12.4 Å². The standard InChI is InChI=1S/C26H34N6O8S/c1-4-6-22-21(16-27-34)17(3)24-26(33)28-25(29-31(22)24)20-15-19(7-8-23(20)39-5-2)41(37,38)30-12-9-18(10-13-30)11-14-40-32(35)36/h7-8,15-16,18H,4-6,9-14H2,1-3H3,(H2-,28,29,33,34,35,36)/p+1/b27-16+. The summed E-state index contributed by atoms with van der Waals surface area (Å²) in [6.07, 6.45) is 4.28. The molecule has 0 aliphatic carbocycles. The molecule has 0 amide bonds. The van der Waals surface area contributed by atoms with Gasteiger partial charge in [0.25, 0.3) is 5.56 Å². The first-order valence-corrected chi connectivity index (χ1v) is 14.9. The number of hydrogen-bond donors (Lipinski definition) is 3. The highest BCUT2D eigenvalue weighted by Gasteiger charge is 2.31. The second kappa shape index (κ2) is 12.7. The lowest BCUT2D eigenvalue weighted by Gasteiger charge is -2.31. The van der Waals surface area contributed by atoms with Gasteiger partial charge < -0.3 is 14.9 Å². The highest BCUT2D eigenvalue weighted by molar-refractivity contribution is 7.89. The normalized spacial score (nSPS) is 15.1. The maximum absolute atomic E-state index is 13.6. The molecule has 222 valence electrons. The van der Waals surface area contributed by atoms with Gasteiger partial charge in [-0.15, -0.1) is 5.10 Å². The smallest absolute Gasteiger partial charge is 0.475 e. The number of aryl methyl sites for hydroxylation is 2. The SMILES string of the molecule is CCCc1c(/C=N/O)c(C)c2c(=O)[nH]c(-c3cc(S(=O)(=O)N4CCC(CCO[N+](=O)O)CC4)ccc3OCC)nn12. The Morgan fingerprint density at radius 2 is 2.00 bits per heavy atom. The number of piperidine rings is 1. The van der Waals surface area contributed by atoms with Gasteiger partial charge in [0, 0.05) is 18.7 Å². The highest BCUT2D eigenvalue weighted by atomic mass is 32.2. The van der Waals surface area contributed by atoms with Crippen molar-refractivity contribution < 1.29 is 33.5 Å². The number of benzene rings is 1. The van der Waals surface area contributed by atoms with Crippen LogP contribution in [-0.2, 0) is 21.3 Å². The molecule has 3 aromatic rings. The minimum Gasteiger partial charge on any atom is -0.493 e. The van der Waals surface area contributed by atoms with Crippen LogP contribution in [0.1, 0.15) is 56.4 Å². The van der Waals surface area contributed by atoms with Gasteiger partial charge in [0.2, 0.25) is 10.0 Å². The van der Waals surface area contributed by atoms with Crippen molar-refractivity contribution in [3.8, 4) is 17.1 Å². The Labute approximate surface area is 236 Å². The van der Waals surface area contributed by atoms with E-state index in [1.54, 1.807) is 19.9 Å². The van der Waals surface area contributed by atoms with Crippen LogP contribution < -0.4 is 10.3 Å². The summed E-state index contributed by atoms with van der Waals surface area (Å²) < 4.78 is 36.0. The molecular formula is C26H35N6O8S+. The molecule has 3 heterocycles. The van der Waals surface area contributed by atoms with E-state index in [9.17, 15) is 23.3 Å². The molecule has 1 aliphatic heterocycles. The average Bonchev–Trinajstić information content (AvgIpc) is 3.20. The molecule has 0 radical (unpaired) electrons. The number of aromatic nitrogens is 3. The van der Waals surface area contributed by atoms with Gasteiger partial charge in [-0.05, 0) is 69.2 Å². The van der Waals surface area contributed by atoms with Gasteiger partial charge in [-0.1, -0.05) is 18.5 Å². The maximum Gasteiger partial charge on any atom is 0.475 e. The fourth-order valence-corrected chi connectivity index (χ4v) is 6.77. The van der Waals surface area contributed by atoms with Crippen LogP contribution in [0.25, 0.3) is 16.9 Å². The van der Waals surface area contributed by atoms with Crippen molar-refractivity contribution in [2.24, 2.45) is 11.1 Å². The molecule has 0 saturated carbocycles. The monoisotopic (exact) mass is 591 g/mol. The van der Waals surface area contributed by atoms with Gasteiger partial charge in [0.05, 0.1) is 29.0 Å². The molecule has 41 heavy (non-hydrogen) atoms. The number of fused-ring (bicyclic) bond motifs is 1. The summed E-state index contributed by atoms with van der Waals surface area (Å²) in [7, 11) is -3.88. The van der Waals surface area contributed by atoms with E-state index in [0.29, 0.717) is 65.9 Å². The molecular weight excluding hydrogens is 556 g/mol. The predicted octanol–water partition coefficient (Wildman–Crippen LogP) is 3.05. The zero-order chi connectivity index (χ0) is 29.7. The van der Waals surface area contributed by atoms with Crippen molar-refractivity contribution in [3.05, 3.63) is 50.3 Å². The van der Waals surface area contributed by atoms with Crippen LogP contribution in [0.2, 0.25) is 0 Å². The Kier molecular flexibility index (Phi) is 9.28. The highest BCUT2D eigenvalue weighted by Crippen LogP contribution is 2.33. The quantitative estimate of drug-likeness (QED) is 0.162. The third kappa shape index (κ3) is 6.20. The average molecular weight is 592 g/mol. The molecule has 1 saturated heterocycles. The maximum atomic E-state index is 13.6. The Morgan fingerprint density at radius 1 is 1.27 bits per heavy atom. The molecule has 0 unspecified atom stereocenters. The molecule has 0 atom stereocenters. The molecule has 0 bridgehead atoms. The Morgan fingerprint density at radius 3 is 2.63 bits per heavy atom. The topological polar surface area (TPSA) is 179 Å². The molecule has 15 heteroatoms. The molecule has 2 aromatic heterocycles. The number of aromatic amines is 1. The molecule has 14 nitrogen and oxygen atoms in total. The fourth-order valence-electron chi connectivity index (χ4n) is 5.27. The van der Waals surface area contributed by atoms with E-state index in [1.165, 1.54) is 27.2 Å². The molecule has 0 spiro atoms. The summed E-state index contributed by atoms with van der Waals surface area (Å²) in [5, 5.41) is 25.0. The zero-order valence-corrected chi connectivity index (χ0v) is 24.1. The number of hydrogen-bond acceptors (Lipinski definition) is 9. The summed E-state index contributed by atoms with van der Waals surface area (Å²) in [5.41, 5.74) is 2.11. The zero-order valence-electron chi connectivity index (χ0n) is 23.2. The second-order valence-electron chi connectivity index (χ2n) is 9.84. The fraction of sp³-hybridized carbons (Fsp3) is 0.500. The van der Waals surface area contributed by atoms with Gasteiger partial charge in [-0.3, -0.25) is 4.79 Å². The summed E-state index contributed by atoms with van der Waals surface area (Å²) in [4.78, 5) is 31.1. The van der Waals surface area contributed by atoms with Crippen LogP contribution in [0.4, 0.5) is 0 Å². The van der Waals surface area contributed by atoms with Crippen molar-refractivity contribution in [1.82, 2.24) is 18.9 Å². The second-order valence-corrected chi connectivity index (χ2v) is 11.8. The van der Waals surface area contributed by atoms with E-state index < -0.39 is 20.7 Å². The number of oxime groups is 1. The van der Waals surface area contributed by atoms with Crippen LogP contribution in [0.5, 0.6) is 5.75 Å². The van der Waals surface area contributed by atoms with Crippen LogP contribution >= 0.6 is 0 Å². The lowest BCUT2D eigenvalue weighted by Crippen LogP contribution is -2.38. The molecule has 4 rings (SSSR count). The molecule has 1 aliphatic rings. The molecule has 1 aromatic carbocycles. The lowest BCUT2D eigenvalue weighted by atomic mass is 9.95. The first-order valence-electron chi connectivity index (χ1n) is 13.5. The van der Waals surface area contributed by atoms with Crippen molar-refractivity contribution in [2.75, 3.05) is 26.3 Å². The lowest BCUT2D eigenvalue weighted by molar-refractivity contribution is -0.975. The molecule has 3 N–H and O–H groups in total. The van der Waals surface area contributed by atoms with E-state index in [0.717, 1.165) is 6.42 Å². The van der Waals surface area contributed by atoms with E-state index in [4.69, 9.17) is 15.0 Å². The minimum atomic E-state index is -3.88. The van der Waals surface area contributed by atoms with E-state index >= 15 is 0 Å². The van der Waals surface area contributed by atoms with Crippen LogP contribution in [0.15, 0.2) is 33.0 Å². The summed E-state index contributed by atoms with van der Waals surface area (Å²) >= 11 is 0. The van der Waals surface area contributed by atoms with Crippen LogP contribution in [0, 0.1) is 17.7 Å². The Hall–Kier alpha value is -3.98. The van der Waals surface area contributed by atoms with E-state index in [-0.39, 0.29) is 36.3 Å². The minimum absolute atomic E-state index is 0.0355. The largest absolute Gasteiger partial charge is 0.493 e. The number of sulfonamides is 1.